The fraction of sp³-hybridized carbons (Fsp3) is 0.412. The minimum absolute atomic E-state index is 0.223. The quantitative estimate of drug-likeness (QED) is 0.483. The summed E-state index contributed by atoms with van der Waals surface area (Å²) in [6.07, 6.45) is 6.82. The lowest BCUT2D eigenvalue weighted by molar-refractivity contribution is -0.137. The van der Waals surface area contributed by atoms with E-state index in [1.807, 2.05) is 0 Å². The van der Waals surface area contributed by atoms with Crippen LogP contribution in [0.1, 0.15) is 74.0 Å². The average molecular weight is 578 g/mol. The van der Waals surface area contributed by atoms with Crippen LogP contribution in [-0.4, -0.2) is 69.8 Å². The molecule has 0 saturated heterocycles. The van der Waals surface area contributed by atoms with Gasteiger partial charge in [-0.3, -0.25) is 43.5 Å². The van der Waals surface area contributed by atoms with E-state index in [-0.39, 0.29) is 41.4 Å². The number of benzene rings is 2. The van der Waals surface area contributed by atoms with E-state index in [4.69, 9.17) is 0 Å². The Bertz CT molecular complexity index is 1690. The second kappa shape index (κ2) is 9.30. The molecule has 2 aromatic rings. The Labute approximate surface area is 248 Å². The highest BCUT2D eigenvalue weighted by molar-refractivity contribution is 6.23. The standard InChI is InChI=1S/C34H31N3O6/c1-2-35-31(40)22-5-3-18(12-27(22)33(35)42)19-4-6-23-28(13-19)34(43)37(32(23)41)16-21-11-20-14-25(21)26-10-17(9-24(20)26)15-36-29(38)7-8-30(36)39/h3-8,12-13,17,20-21,24-26H,2,9-11,14-16H2,1H3. The van der Waals surface area contributed by atoms with Gasteiger partial charge < -0.3 is 0 Å². The van der Waals surface area contributed by atoms with Gasteiger partial charge in [0.1, 0.15) is 0 Å². The first-order valence-corrected chi connectivity index (χ1v) is 15.3. The number of amides is 6. The number of hydrogen-bond donors (Lipinski definition) is 0. The summed E-state index contributed by atoms with van der Waals surface area (Å²) in [5, 5.41) is 0. The number of rotatable bonds is 6. The first-order chi connectivity index (χ1) is 20.7. The van der Waals surface area contributed by atoms with Gasteiger partial charge in [-0.2, -0.15) is 0 Å². The molecule has 0 N–H and O–H groups in total. The first kappa shape index (κ1) is 26.2. The third kappa shape index (κ3) is 3.76. The van der Waals surface area contributed by atoms with Gasteiger partial charge in [-0.25, -0.2) is 0 Å². The molecule has 6 amide bonds. The number of nitrogens with zero attached hydrogens (tertiary/aromatic N) is 3. The fourth-order valence-corrected chi connectivity index (χ4v) is 9.18. The molecular formula is C34H31N3O6. The van der Waals surface area contributed by atoms with Gasteiger partial charge in [-0.1, -0.05) is 12.1 Å². The smallest absolute Gasteiger partial charge is 0.261 e. The number of imide groups is 3. The van der Waals surface area contributed by atoms with Gasteiger partial charge >= 0.3 is 0 Å². The maximum absolute atomic E-state index is 13.6. The Balaban J connectivity index is 0.974. The highest BCUT2D eigenvalue weighted by atomic mass is 16.2. The van der Waals surface area contributed by atoms with E-state index in [1.54, 1.807) is 43.3 Å². The van der Waals surface area contributed by atoms with Crippen LogP contribution in [0.2, 0.25) is 0 Å². The first-order valence-electron chi connectivity index (χ1n) is 15.3. The molecule has 2 bridgehead atoms. The van der Waals surface area contributed by atoms with Crippen molar-refractivity contribution in [2.24, 2.45) is 35.5 Å². The minimum Gasteiger partial charge on any atom is -0.275 e. The van der Waals surface area contributed by atoms with Crippen LogP contribution in [0.4, 0.5) is 0 Å². The van der Waals surface area contributed by atoms with Crippen LogP contribution in [0.25, 0.3) is 11.1 Å². The van der Waals surface area contributed by atoms with Gasteiger partial charge in [0.25, 0.3) is 35.4 Å². The zero-order chi connectivity index (χ0) is 29.7. The number of hydrogen-bond acceptors (Lipinski definition) is 6. The molecule has 6 aliphatic rings. The summed E-state index contributed by atoms with van der Waals surface area (Å²) in [5.74, 6) is 1.06. The van der Waals surface area contributed by atoms with Crippen LogP contribution >= 0.6 is 0 Å². The Kier molecular flexibility index (Phi) is 5.67. The second-order valence-corrected chi connectivity index (χ2v) is 13.0. The van der Waals surface area contributed by atoms with E-state index in [0.29, 0.717) is 82.6 Å². The highest BCUT2D eigenvalue weighted by Gasteiger charge is 2.57. The summed E-state index contributed by atoms with van der Waals surface area (Å²) in [4.78, 5) is 80.4. The fourth-order valence-electron chi connectivity index (χ4n) is 9.18. The lowest BCUT2D eigenvalue weighted by Crippen LogP contribution is -2.38. The van der Waals surface area contributed by atoms with Gasteiger partial charge in [0.15, 0.2) is 0 Å². The summed E-state index contributed by atoms with van der Waals surface area (Å²) < 4.78 is 0. The third-order valence-corrected chi connectivity index (χ3v) is 11.1. The zero-order valence-electron chi connectivity index (χ0n) is 23.8. The molecule has 9 nitrogen and oxygen atoms in total. The van der Waals surface area contributed by atoms with Crippen LogP contribution in [0.3, 0.4) is 0 Å². The SMILES string of the molecule is CCN1C(=O)c2ccc(-c3ccc4c(c3)C(=O)N(CC3CC5CC3C3CC(CN6C(=O)C=CC6=O)CC53)C4=O)cc2C1=O. The molecule has 0 aromatic heterocycles. The predicted octanol–water partition coefficient (Wildman–Crippen LogP) is 3.79. The summed E-state index contributed by atoms with van der Waals surface area (Å²) in [5.41, 5.74) is 2.93. The van der Waals surface area contributed by atoms with Crippen LogP contribution in [0.5, 0.6) is 0 Å². The topological polar surface area (TPSA) is 112 Å². The molecule has 3 heterocycles. The van der Waals surface area contributed by atoms with Crippen molar-refractivity contribution in [1.29, 1.82) is 0 Å². The van der Waals surface area contributed by atoms with Crippen molar-refractivity contribution in [3.63, 3.8) is 0 Å². The molecule has 6 atom stereocenters. The average Bonchev–Trinajstić information content (AvgIpc) is 3.83. The lowest BCUT2D eigenvalue weighted by Gasteiger charge is -2.33. The Morgan fingerprint density at radius 1 is 0.581 bits per heavy atom. The normalized spacial score (nSPS) is 30.4. The molecule has 3 fully saturated rings. The predicted molar refractivity (Wildman–Crippen MR) is 154 cm³/mol. The molecule has 43 heavy (non-hydrogen) atoms. The molecule has 3 aliphatic carbocycles. The van der Waals surface area contributed by atoms with Crippen LogP contribution in [-0.2, 0) is 9.59 Å². The molecule has 8 rings (SSSR count). The number of carbonyl (C=O) groups excluding carboxylic acids is 6. The van der Waals surface area contributed by atoms with Crippen molar-refractivity contribution >= 4 is 35.4 Å². The summed E-state index contributed by atoms with van der Waals surface area (Å²) in [7, 11) is 0. The Morgan fingerprint density at radius 3 is 1.77 bits per heavy atom. The molecule has 9 heteroatoms. The van der Waals surface area contributed by atoms with E-state index in [1.165, 1.54) is 26.9 Å². The lowest BCUT2D eigenvalue weighted by atomic mass is 9.75. The van der Waals surface area contributed by atoms with E-state index >= 15 is 0 Å². The number of carbonyl (C=O) groups is 6. The van der Waals surface area contributed by atoms with Crippen LogP contribution in [0, 0.1) is 35.5 Å². The molecule has 0 spiro atoms. The van der Waals surface area contributed by atoms with Gasteiger partial charge in [0, 0.05) is 31.8 Å². The van der Waals surface area contributed by atoms with Gasteiger partial charge in [-0.15, -0.1) is 0 Å². The molecule has 218 valence electrons. The Morgan fingerprint density at radius 2 is 1.14 bits per heavy atom. The third-order valence-electron chi connectivity index (χ3n) is 11.1. The van der Waals surface area contributed by atoms with E-state index in [2.05, 4.69) is 0 Å². The van der Waals surface area contributed by atoms with Crippen molar-refractivity contribution in [3.8, 4) is 11.1 Å². The monoisotopic (exact) mass is 577 g/mol. The van der Waals surface area contributed by atoms with Crippen molar-refractivity contribution < 1.29 is 28.8 Å². The second-order valence-electron chi connectivity index (χ2n) is 13.0. The molecule has 3 aliphatic heterocycles. The van der Waals surface area contributed by atoms with Crippen molar-refractivity contribution in [2.45, 2.75) is 32.6 Å². The molecular weight excluding hydrogens is 546 g/mol. The summed E-state index contributed by atoms with van der Waals surface area (Å²) in [6.45, 7) is 2.95. The van der Waals surface area contributed by atoms with Gasteiger partial charge in [0.2, 0.25) is 0 Å². The molecule has 2 aromatic carbocycles. The number of fused-ring (bicyclic) bond motifs is 7. The van der Waals surface area contributed by atoms with Crippen LogP contribution in [0.15, 0.2) is 48.6 Å². The molecule has 3 saturated carbocycles. The van der Waals surface area contributed by atoms with Crippen molar-refractivity contribution in [3.05, 3.63) is 70.8 Å². The van der Waals surface area contributed by atoms with Crippen molar-refractivity contribution in [1.82, 2.24) is 14.7 Å². The highest BCUT2D eigenvalue weighted by Crippen LogP contribution is 2.62. The van der Waals surface area contributed by atoms with E-state index in [0.717, 1.165) is 25.7 Å². The van der Waals surface area contributed by atoms with E-state index < -0.39 is 0 Å². The van der Waals surface area contributed by atoms with Gasteiger partial charge in [-0.05, 0) is 104 Å². The molecule has 0 radical (unpaired) electrons. The summed E-state index contributed by atoms with van der Waals surface area (Å²) in [6, 6.07) is 10.3. The van der Waals surface area contributed by atoms with Crippen LogP contribution < -0.4 is 0 Å². The zero-order valence-corrected chi connectivity index (χ0v) is 23.8. The maximum Gasteiger partial charge on any atom is 0.261 e. The maximum atomic E-state index is 13.6. The largest absolute Gasteiger partial charge is 0.275 e. The van der Waals surface area contributed by atoms with Crippen molar-refractivity contribution in [2.75, 3.05) is 19.6 Å². The minimum atomic E-state index is -0.320. The van der Waals surface area contributed by atoms with Gasteiger partial charge in [0.05, 0.1) is 22.3 Å². The summed E-state index contributed by atoms with van der Waals surface area (Å²) >= 11 is 0. The molecule has 6 unspecified atom stereocenters. The van der Waals surface area contributed by atoms with E-state index in [9.17, 15) is 28.8 Å². The Hall–Kier alpha value is -4.40.